The molecule has 2 N–H and O–H groups in total. The van der Waals surface area contributed by atoms with Gasteiger partial charge in [0, 0.05) is 34.2 Å². The van der Waals surface area contributed by atoms with Crippen molar-refractivity contribution >= 4 is 40.1 Å². The number of carbonyl (C=O) groups is 1. The van der Waals surface area contributed by atoms with Gasteiger partial charge >= 0.3 is 6.09 Å². The number of ether oxygens (including phenoxy) is 1. The second kappa shape index (κ2) is 6.88. The smallest absolute Gasteiger partial charge is 0.414 e. The largest absolute Gasteiger partial charge is 0.447 e. The van der Waals surface area contributed by atoms with E-state index in [0.29, 0.717) is 16.1 Å². The van der Waals surface area contributed by atoms with Crippen molar-refractivity contribution in [2.75, 3.05) is 23.4 Å². The van der Waals surface area contributed by atoms with E-state index < -0.39 is 11.9 Å². The minimum Gasteiger partial charge on any atom is -0.447 e. The molecule has 3 aromatic rings. The number of anilines is 2. The summed E-state index contributed by atoms with van der Waals surface area (Å²) in [6.45, 7) is 0.526. The molecule has 1 fully saturated rings. The molecule has 9 heteroatoms. The van der Waals surface area contributed by atoms with Crippen molar-refractivity contribution < 1.29 is 13.9 Å². The van der Waals surface area contributed by atoms with E-state index in [1.165, 1.54) is 17.2 Å². The fourth-order valence-corrected chi connectivity index (χ4v) is 3.09. The molecule has 0 unspecified atom stereocenters. The number of nitrogens with one attached hydrogen (secondary N) is 2. The van der Waals surface area contributed by atoms with E-state index in [4.69, 9.17) is 16.3 Å². The van der Waals surface area contributed by atoms with Gasteiger partial charge in [-0.1, -0.05) is 11.6 Å². The summed E-state index contributed by atoms with van der Waals surface area (Å²) in [5.74, 6) is -0.741. The summed E-state index contributed by atoms with van der Waals surface area (Å²) in [5.41, 5.74) is 0.843. The van der Waals surface area contributed by atoms with E-state index >= 15 is 0 Å². The molecular formula is C18H14ClFN4O3. The van der Waals surface area contributed by atoms with Crippen molar-refractivity contribution in [2.45, 2.75) is 6.54 Å². The minimum atomic E-state index is -0.684. The van der Waals surface area contributed by atoms with Gasteiger partial charge in [0.1, 0.15) is 6.61 Å². The van der Waals surface area contributed by atoms with Crippen molar-refractivity contribution in [3.8, 4) is 0 Å². The zero-order valence-corrected chi connectivity index (χ0v) is 14.7. The van der Waals surface area contributed by atoms with Crippen LogP contribution in [0, 0.1) is 5.82 Å². The molecule has 1 aliphatic rings. The van der Waals surface area contributed by atoms with E-state index in [1.54, 1.807) is 24.3 Å². The molecule has 2 aromatic heterocycles. The van der Waals surface area contributed by atoms with Crippen molar-refractivity contribution in [1.82, 2.24) is 9.97 Å². The lowest BCUT2D eigenvalue weighted by atomic mass is 10.1. The topological polar surface area (TPSA) is 87.3 Å². The Morgan fingerprint density at radius 1 is 1.30 bits per heavy atom. The Balaban J connectivity index is 1.60. The summed E-state index contributed by atoms with van der Waals surface area (Å²) in [4.78, 5) is 31.8. The van der Waals surface area contributed by atoms with E-state index in [0.717, 1.165) is 5.39 Å². The highest BCUT2D eigenvalue weighted by Gasteiger charge is 2.27. The van der Waals surface area contributed by atoms with Crippen LogP contribution >= 0.6 is 11.6 Å². The highest BCUT2D eigenvalue weighted by molar-refractivity contribution is 6.31. The van der Waals surface area contributed by atoms with Gasteiger partial charge in [-0.15, -0.1) is 0 Å². The molecule has 0 saturated carbocycles. The first-order valence-corrected chi connectivity index (χ1v) is 8.55. The molecule has 4 rings (SSSR count). The maximum absolute atomic E-state index is 14.7. The Morgan fingerprint density at radius 3 is 2.93 bits per heavy atom. The van der Waals surface area contributed by atoms with Crippen molar-refractivity contribution in [2.24, 2.45) is 0 Å². The van der Waals surface area contributed by atoms with Gasteiger partial charge in [0.2, 0.25) is 0 Å². The summed E-state index contributed by atoms with van der Waals surface area (Å²) in [7, 11) is 0. The summed E-state index contributed by atoms with van der Waals surface area (Å²) in [5, 5.41) is 4.12. The van der Waals surface area contributed by atoms with E-state index in [-0.39, 0.29) is 36.8 Å². The Hall–Kier alpha value is -3.13. The molecule has 3 heterocycles. The van der Waals surface area contributed by atoms with Gasteiger partial charge in [0.25, 0.3) is 5.56 Å². The third kappa shape index (κ3) is 3.31. The number of benzene rings is 1. The molecule has 1 aliphatic heterocycles. The highest BCUT2D eigenvalue weighted by atomic mass is 35.5. The lowest BCUT2D eigenvalue weighted by molar-refractivity contribution is 0.181. The van der Waals surface area contributed by atoms with Crippen LogP contribution in [0.3, 0.4) is 0 Å². The number of hydrogen-bond acceptors (Lipinski definition) is 5. The Labute approximate surface area is 157 Å². The monoisotopic (exact) mass is 388 g/mol. The molecular weight excluding hydrogens is 375 g/mol. The normalized spacial score (nSPS) is 13.9. The Bertz CT molecular complexity index is 1100. The molecule has 0 bridgehead atoms. The van der Waals surface area contributed by atoms with Crippen molar-refractivity contribution in [3.05, 3.63) is 63.3 Å². The molecule has 0 aliphatic carbocycles. The lowest BCUT2D eigenvalue weighted by Gasteiger charge is -2.15. The van der Waals surface area contributed by atoms with Crippen LogP contribution in [0.25, 0.3) is 10.9 Å². The number of amides is 1. The van der Waals surface area contributed by atoms with Gasteiger partial charge in [-0.2, -0.15) is 0 Å². The SMILES string of the molecule is O=C1OCCN1c1ccnc(NCc2cc3cc(Cl)ccc3[nH]c2=O)c1F. The predicted octanol–water partition coefficient (Wildman–Crippen LogP) is 3.28. The van der Waals surface area contributed by atoms with Crippen LogP contribution in [0.4, 0.5) is 20.7 Å². The zero-order valence-electron chi connectivity index (χ0n) is 14.0. The second-order valence-corrected chi connectivity index (χ2v) is 6.40. The van der Waals surface area contributed by atoms with Crippen LogP contribution in [-0.2, 0) is 11.3 Å². The molecule has 1 saturated heterocycles. The summed E-state index contributed by atoms with van der Waals surface area (Å²) < 4.78 is 19.6. The van der Waals surface area contributed by atoms with Gasteiger partial charge in [0.15, 0.2) is 11.6 Å². The molecule has 0 radical (unpaired) electrons. The number of carbonyl (C=O) groups excluding carboxylic acids is 1. The number of hydrogen-bond donors (Lipinski definition) is 2. The van der Waals surface area contributed by atoms with Crippen LogP contribution in [-0.4, -0.2) is 29.2 Å². The number of rotatable bonds is 4. The van der Waals surface area contributed by atoms with Gasteiger partial charge in [-0.05, 0) is 30.3 Å². The van der Waals surface area contributed by atoms with Crippen LogP contribution in [0.2, 0.25) is 5.02 Å². The quantitative estimate of drug-likeness (QED) is 0.716. The predicted molar refractivity (Wildman–Crippen MR) is 99.8 cm³/mol. The summed E-state index contributed by atoms with van der Waals surface area (Å²) >= 11 is 5.99. The third-order valence-corrected chi connectivity index (χ3v) is 4.49. The maximum atomic E-state index is 14.7. The molecule has 7 nitrogen and oxygen atoms in total. The van der Waals surface area contributed by atoms with E-state index in [2.05, 4.69) is 15.3 Å². The molecule has 0 atom stereocenters. The van der Waals surface area contributed by atoms with Crippen LogP contribution in [0.1, 0.15) is 5.56 Å². The maximum Gasteiger partial charge on any atom is 0.414 e. The molecule has 27 heavy (non-hydrogen) atoms. The highest BCUT2D eigenvalue weighted by Crippen LogP contribution is 2.26. The first-order chi connectivity index (χ1) is 13.0. The number of aromatic nitrogens is 2. The Kier molecular flexibility index (Phi) is 4.41. The minimum absolute atomic E-state index is 0.0512. The summed E-state index contributed by atoms with van der Waals surface area (Å²) in [6, 6.07) is 8.22. The van der Waals surface area contributed by atoms with Crippen LogP contribution < -0.4 is 15.8 Å². The molecule has 0 spiro atoms. The fourth-order valence-electron chi connectivity index (χ4n) is 2.91. The van der Waals surface area contributed by atoms with Crippen LogP contribution in [0.5, 0.6) is 0 Å². The summed E-state index contributed by atoms with van der Waals surface area (Å²) in [6.07, 6.45) is 0.783. The Morgan fingerprint density at radius 2 is 2.15 bits per heavy atom. The van der Waals surface area contributed by atoms with Gasteiger partial charge in [-0.3, -0.25) is 9.69 Å². The number of halogens is 2. The van der Waals surface area contributed by atoms with Crippen molar-refractivity contribution in [1.29, 1.82) is 0 Å². The molecule has 138 valence electrons. The molecule has 1 aromatic carbocycles. The van der Waals surface area contributed by atoms with Gasteiger partial charge in [-0.25, -0.2) is 14.2 Å². The first kappa shape index (κ1) is 17.3. The number of cyclic esters (lactones) is 1. The fraction of sp³-hybridized carbons (Fsp3) is 0.167. The lowest BCUT2D eigenvalue weighted by Crippen LogP contribution is -2.25. The molecule has 1 amide bonds. The van der Waals surface area contributed by atoms with Gasteiger partial charge < -0.3 is 15.0 Å². The number of aromatic amines is 1. The zero-order chi connectivity index (χ0) is 19.0. The first-order valence-electron chi connectivity index (χ1n) is 8.17. The van der Waals surface area contributed by atoms with Gasteiger partial charge in [0.05, 0.1) is 12.2 Å². The number of fused-ring (bicyclic) bond motifs is 1. The third-order valence-electron chi connectivity index (χ3n) is 4.25. The number of pyridine rings is 2. The standard InChI is InChI=1S/C18H14ClFN4O3/c19-12-1-2-13-10(8-12)7-11(17(25)23-13)9-22-16-15(20)14(3-4-21-16)24-5-6-27-18(24)26/h1-4,7-8H,5-6,9H2,(H,21,22)(H,23,25). The van der Waals surface area contributed by atoms with Crippen LogP contribution in [0.15, 0.2) is 41.3 Å². The average Bonchev–Trinajstić information content (AvgIpc) is 3.07. The van der Waals surface area contributed by atoms with Crippen molar-refractivity contribution in [3.63, 3.8) is 0 Å². The number of H-pyrrole nitrogens is 1. The van der Waals surface area contributed by atoms with E-state index in [1.807, 2.05) is 0 Å². The second-order valence-electron chi connectivity index (χ2n) is 5.97. The average molecular weight is 389 g/mol. The van der Waals surface area contributed by atoms with E-state index in [9.17, 15) is 14.0 Å². The number of nitrogens with zero attached hydrogens (tertiary/aromatic N) is 2.